The molecular weight excluding hydrogens is 486 g/mol. The first kappa shape index (κ1) is 24.6. The normalized spacial score (nSPS) is 16.2. The number of piperidine rings is 1. The molecule has 0 aliphatic carbocycles. The van der Waals surface area contributed by atoms with Crippen molar-refractivity contribution in [3.8, 4) is 17.0 Å². The van der Waals surface area contributed by atoms with E-state index in [9.17, 15) is 4.39 Å². The Kier molecular flexibility index (Phi) is 6.90. The molecular formula is C27H27ClF2N4O2. The summed E-state index contributed by atoms with van der Waals surface area (Å²) in [4.78, 5) is 15.3. The summed E-state index contributed by atoms with van der Waals surface area (Å²) in [6.07, 6.45) is 4.16. The van der Waals surface area contributed by atoms with Crippen LogP contribution in [-0.4, -0.2) is 41.9 Å². The monoisotopic (exact) mass is 512 g/mol. The molecule has 0 radical (unpaired) electrons. The number of hydrogen-bond donors (Lipinski definition) is 0. The highest BCUT2D eigenvalue weighted by Crippen LogP contribution is 2.39. The van der Waals surface area contributed by atoms with Crippen LogP contribution in [0.25, 0.3) is 32.9 Å². The number of halogens is 3. The van der Waals surface area contributed by atoms with E-state index in [1.807, 2.05) is 6.92 Å². The highest BCUT2D eigenvalue weighted by molar-refractivity contribution is 6.28. The predicted molar refractivity (Wildman–Crippen MR) is 138 cm³/mol. The molecule has 1 saturated heterocycles. The molecule has 5 rings (SSSR count). The maximum Gasteiger partial charge on any atom is 0.225 e. The molecule has 4 aromatic rings. The van der Waals surface area contributed by atoms with E-state index in [1.54, 1.807) is 24.4 Å². The van der Waals surface area contributed by atoms with Crippen molar-refractivity contribution in [2.75, 3.05) is 31.9 Å². The van der Waals surface area contributed by atoms with Crippen molar-refractivity contribution in [1.82, 2.24) is 15.0 Å². The first-order valence-electron chi connectivity index (χ1n) is 12.0. The molecule has 0 saturated carbocycles. The Balaban J connectivity index is 1.75. The van der Waals surface area contributed by atoms with Gasteiger partial charge in [0.05, 0.1) is 5.39 Å². The van der Waals surface area contributed by atoms with Gasteiger partial charge in [-0.05, 0) is 71.3 Å². The number of hydrogen-bond acceptors (Lipinski definition) is 6. The van der Waals surface area contributed by atoms with Gasteiger partial charge >= 0.3 is 0 Å². The Bertz CT molecular complexity index is 1450. The first-order valence-corrected chi connectivity index (χ1v) is 12.4. The molecule has 36 heavy (non-hydrogen) atoms. The van der Waals surface area contributed by atoms with E-state index in [2.05, 4.69) is 26.8 Å². The van der Waals surface area contributed by atoms with E-state index >= 15 is 4.39 Å². The second-order valence-electron chi connectivity index (χ2n) is 9.19. The van der Waals surface area contributed by atoms with E-state index in [-0.39, 0.29) is 29.1 Å². The van der Waals surface area contributed by atoms with Crippen LogP contribution in [0.2, 0.25) is 5.28 Å². The lowest BCUT2D eigenvalue weighted by atomic mass is 9.94. The van der Waals surface area contributed by atoms with Crippen molar-refractivity contribution in [3.63, 3.8) is 0 Å². The third-order valence-electron chi connectivity index (χ3n) is 6.69. The van der Waals surface area contributed by atoms with Gasteiger partial charge in [-0.1, -0.05) is 19.9 Å². The number of nitrogens with zero attached hydrogens (tertiary/aromatic N) is 4. The van der Waals surface area contributed by atoms with Gasteiger partial charge in [-0.2, -0.15) is 4.98 Å². The maximum absolute atomic E-state index is 16.2. The van der Waals surface area contributed by atoms with Crippen LogP contribution in [0.1, 0.15) is 32.3 Å². The van der Waals surface area contributed by atoms with Gasteiger partial charge in [0, 0.05) is 32.0 Å². The fourth-order valence-electron chi connectivity index (χ4n) is 5.06. The zero-order chi connectivity index (χ0) is 25.4. The number of ether oxygens (including phenoxy) is 2. The second-order valence-corrected chi connectivity index (χ2v) is 9.53. The van der Waals surface area contributed by atoms with Gasteiger partial charge in [-0.3, -0.25) is 4.98 Å². The summed E-state index contributed by atoms with van der Waals surface area (Å²) in [5.74, 6) is 0.530. The number of fused-ring (bicyclic) bond motifs is 2. The largest absolute Gasteiger partial charge is 0.468 e. The predicted octanol–water partition coefficient (Wildman–Crippen LogP) is 6.56. The number of aryl methyl sites for hydroxylation is 1. The minimum Gasteiger partial charge on any atom is -0.468 e. The van der Waals surface area contributed by atoms with Crippen LogP contribution in [0, 0.1) is 17.6 Å². The van der Waals surface area contributed by atoms with Crippen LogP contribution in [0.3, 0.4) is 0 Å². The summed E-state index contributed by atoms with van der Waals surface area (Å²) >= 11 is 6.28. The van der Waals surface area contributed by atoms with E-state index in [4.69, 9.17) is 21.1 Å². The number of pyridine rings is 1. The zero-order valence-corrected chi connectivity index (χ0v) is 21.2. The Morgan fingerprint density at radius 2 is 2.03 bits per heavy atom. The molecule has 1 aliphatic heterocycles. The molecule has 1 aliphatic rings. The van der Waals surface area contributed by atoms with Gasteiger partial charge in [0.1, 0.15) is 28.6 Å². The molecule has 9 heteroatoms. The molecule has 2 aromatic carbocycles. The molecule has 0 N–H and O–H groups in total. The third-order valence-corrected chi connectivity index (χ3v) is 6.86. The fourth-order valence-corrected chi connectivity index (χ4v) is 5.22. The maximum atomic E-state index is 16.2. The van der Waals surface area contributed by atoms with Crippen LogP contribution in [0.4, 0.5) is 14.6 Å². The fraction of sp³-hybridized carbons (Fsp3) is 0.370. The number of benzene rings is 2. The standard InChI is InChI=1S/C27H27ClF2N4O2/c1-4-18-21(29)8-7-16-10-17(36-14-35-3)11-19(22(16)18)24-23(30)25-20(12-31-24)26(33-27(28)32-25)34-9-5-6-15(2)13-34/h7-8,10-12,15H,4-6,9,13-14H2,1-3H3/t15-/m1/s1. The van der Waals surface area contributed by atoms with E-state index in [0.29, 0.717) is 51.2 Å². The van der Waals surface area contributed by atoms with Crippen LogP contribution < -0.4 is 9.64 Å². The molecule has 1 atom stereocenters. The van der Waals surface area contributed by atoms with E-state index in [1.165, 1.54) is 13.2 Å². The van der Waals surface area contributed by atoms with Gasteiger partial charge in [0.2, 0.25) is 5.28 Å². The van der Waals surface area contributed by atoms with Gasteiger partial charge < -0.3 is 14.4 Å². The Morgan fingerprint density at radius 1 is 1.19 bits per heavy atom. The third kappa shape index (κ3) is 4.44. The zero-order valence-electron chi connectivity index (χ0n) is 20.4. The van der Waals surface area contributed by atoms with Gasteiger partial charge in [-0.25, -0.2) is 13.8 Å². The van der Waals surface area contributed by atoms with Gasteiger partial charge in [0.25, 0.3) is 0 Å². The number of rotatable bonds is 6. The van der Waals surface area contributed by atoms with Crippen molar-refractivity contribution in [2.24, 2.45) is 5.92 Å². The molecule has 0 unspecified atom stereocenters. The summed E-state index contributed by atoms with van der Waals surface area (Å²) in [5, 5.41) is 1.75. The topological polar surface area (TPSA) is 60.4 Å². The van der Waals surface area contributed by atoms with Gasteiger partial charge in [-0.15, -0.1) is 0 Å². The highest BCUT2D eigenvalue weighted by Gasteiger charge is 2.25. The minimum atomic E-state index is -0.639. The van der Waals surface area contributed by atoms with Crippen LogP contribution in [-0.2, 0) is 11.2 Å². The Morgan fingerprint density at radius 3 is 2.78 bits per heavy atom. The summed E-state index contributed by atoms with van der Waals surface area (Å²) in [6.45, 7) is 5.66. The van der Waals surface area contributed by atoms with Crippen molar-refractivity contribution in [3.05, 3.63) is 52.9 Å². The molecule has 0 spiro atoms. The highest BCUT2D eigenvalue weighted by atomic mass is 35.5. The lowest BCUT2D eigenvalue weighted by Gasteiger charge is -2.32. The van der Waals surface area contributed by atoms with E-state index in [0.717, 1.165) is 25.9 Å². The molecule has 0 amide bonds. The second kappa shape index (κ2) is 10.1. The number of anilines is 1. The molecule has 2 aromatic heterocycles. The van der Waals surface area contributed by atoms with Crippen LogP contribution >= 0.6 is 11.6 Å². The number of methoxy groups -OCH3 is 1. The smallest absolute Gasteiger partial charge is 0.225 e. The lowest BCUT2D eigenvalue weighted by molar-refractivity contribution is 0.0512. The van der Waals surface area contributed by atoms with Crippen molar-refractivity contribution in [1.29, 1.82) is 0 Å². The number of aromatic nitrogens is 3. The summed E-state index contributed by atoms with van der Waals surface area (Å²) in [7, 11) is 1.52. The average molecular weight is 513 g/mol. The molecule has 3 heterocycles. The van der Waals surface area contributed by atoms with E-state index < -0.39 is 5.82 Å². The lowest BCUT2D eigenvalue weighted by Crippen LogP contribution is -2.35. The summed E-state index contributed by atoms with van der Waals surface area (Å²) in [5.41, 5.74) is 1.02. The van der Waals surface area contributed by atoms with Crippen LogP contribution in [0.5, 0.6) is 5.75 Å². The minimum absolute atomic E-state index is 0.0147. The van der Waals surface area contributed by atoms with Crippen molar-refractivity contribution >= 4 is 39.1 Å². The summed E-state index contributed by atoms with van der Waals surface area (Å²) < 4.78 is 41.7. The Labute approximate surface area is 213 Å². The van der Waals surface area contributed by atoms with Crippen molar-refractivity contribution in [2.45, 2.75) is 33.1 Å². The molecule has 1 fully saturated rings. The summed E-state index contributed by atoms with van der Waals surface area (Å²) in [6, 6.07) is 6.51. The first-order chi connectivity index (χ1) is 17.4. The average Bonchev–Trinajstić information content (AvgIpc) is 2.87. The molecule has 188 valence electrons. The Hall–Kier alpha value is -3.10. The van der Waals surface area contributed by atoms with Gasteiger partial charge in [0.15, 0.2) is 12.6 Å². The van der Waals surface area contributed by atoms with Crippen LogP contribution in [0.15, 0.2) is 30.5 Å². The van der Waals surface area contributed by atoms with Crippen molar-refractivity contribution < 1.29 is 18.3 Å². The SMILES string of the molecule is CCc1c(F)ccc2cc(OCOC)cc(-c3ncc4c(N5CCC[C@@H](C)C5)nc(Cl)nc4c3F)c12. The molecule has 0 bridgehead atoms. The quantitative estimate of drug-likeness (QED) is 0.215. The molecule has 6 nitrogen and oxygen atoms in total.